The number of hydrogen-bond donors (Lipinski definition) is 0. The van der Waals surface area contributed by atoms with Gasteiger partial charge in [-0.25, -0.2) is 8.42 Å². The number of benzene rings is 1. The van der Waals surface area contributed by atoms with E-state index in [0.717, 1.165) is 4.88 Å². The van der Waals surface area contributed by atoms with Gasteiger partial charge in [0.05, 0.1) is 11.3 Å². The number of nitrogens with zero attached hydrogens (tertiary/aromatic N) is 2. The summed E-state index contributed by atoms with van der Waals surface area (Å²) in [7, 11) is -3.68. The average molecular weight is 419 g/mol. The van der Waals surface area contributed by atoms with E-state index in [1.54, 1.807) is 16.2 Å². The fourth-order valence-electron chi connectivity index (χ4n) is 2.68. The van der Waals surface area contributed by atoms with Crippen molar-refractivity contribution < 1.29 is 13.2 Å². The number of carbonyl (C=O) groups is 1. The lowest BCUT2D eigenvalue weighted by Gasteiger charge is -2.34. The Hall–Kier alpha value is -1.12. The van der Waals surface area contributed by atoms with Crippen molar-refractivity contribution in [2.45, 2.75) is 11.3 Å². The lowest BCUT2D eigenvalue weighted by atomic mass is 10.3. The molecule has 0 bridgehead atoms. The zero-order valence-electron chi connectivity index (χ0n) is 13.2. The molecule has 25 heavy (non-hydrogen) atoms. The van der Waals surface area contributed by atoms with Crippen molar-refractivity contribution in [1.82, 2.24) is 9.21 Å². The van der Waals surface area contributed by atoms with Crippen LogP contribution in [0.25, 0.3) is 0 Å². The first kappa shape index (κ1) is 18.7. The number of piperazine rings is 1. The number of halogens is 2. The quantitative estimate of drug-likeness (QED) is 0.765. The molecule has 1 aromatic carbocycles. The molecule has 1 aromatic heterocycles. The Labute approximate surface area is 160 Å². The van der Waals surface area contributed by atoms with Gasteiger partial charge in [0.2, 0.25) is 15.9 Å². The molecule has 0 unspecified atom stereocenters. The van der Waals surface area contributed by atoms with Crippen LogP contribution in [0.3, 0.4) is 0 Å². The lowest BCUT2D eigenvalue weighted by Crippen LogP contribution is -2.50. The van der Waals surface area contributed by atoms with Crippen LogP contribution in [0.1, 0.15) is 4.88 Å². The van der Waals surface area contributed by atoms with Gasteiger partial charge in [0.1, 0.15) is 0 Å². The Morgan fingerprint density at radius 3 is 2.28 bits per heavy atom. The first-order valence-corrected chi connectivity index (χ1v) is 10.7. The fourth-order valence-corrected chi connectivity index (χ4v) is 5.52. The van der Waals surface area contributed by atoms with Crippen molar-refractivity contribution in [2.75, 3.05) is 26.2 Å². The number of hydrogen-bond acceptors (Lipinski definition) is 4. The summed E-state index contributed by atoms with van der Waals surface area (Å²) < 4.78 is 26.8. The van der Waals surface area contributed by atoms with E-state index < -0.39 is 10.0 Å². The average Bonchev–Trinajstić information content (AvgIpc) is 3.07. The minimum Gasteiger partial charge on any atom is -0.340 e. The van der Waals surface area contributed by atoms with Crippen LogP contribution in [0.15, 0.2) is 40.6 Å². The molecule has 0 saturated carbocycles. The summed E-state index contributed by atoms with van der Waals surface area (Å²) in [6.45, 7) is 1.25. The molecule has 1 fully saturated rings. The first-order chi connectivity index (χ1) is 11.9. The van der Waals surface area contributed by atoms with Gasteiger partial charge >= 0.3 is 0 Å². The van der Waals surface area contributed by atoms with E-state index in [2.05, 4.69) is 0 Å². The van der Waals surface area contributed by atoms with Crippen LogP contribution in [0.2, 0.25) is 10.0 Å². The number of rotatable bonds is 4. The second-order valence-corrected chi connectivity index (χ2v) is 9.49. The van der Waals surface area contributed by atoms with Crippen LogP contribution >= 0.6 is 34.5 Å². The van der Waals surface area contributed by atoms with Gasteiger partial charge in [-0.15, -0.1) is 11.3 Å². The molecule has 2 aromatic rings. The van der Waals surface area contributed by atoms with Crippen LogP contribution in [0, 0.1) is 0 Å². The fraction of sp³-hybridized carbons (Fsp3) is 0.312. The summed E-state index contributed by atoms with van der Waals surface area (Å²) in [5.74, 6) is 0.0188. The third kappa shape index (κ3) is 4.35. The summed E-state index contributed by atoms with van der Waals surface area (Å²) in [6.07, 6.45) is 0.355. The number of carbonyl (C=O) groups excluding carboxylic acids is 1. The van der Waals surface area contributed by atoms with E-state index in [0.29, 0.717) is 19.5 Å². The normalized spacial score (nSPS) is 16.2. The predicted molar refractivity (Wildman–Crippen MR) is 99.8 cm³/mol. The SMILES string of the molecule is O=C(Cc1cccs1)N1CCN(S(=O)(=O)c2cc(Cl)cc(Cl)c2)CC1. The zero-order valence-corrected chi connectivity index (χ0v) is 16.3. The van der Waals surface area contributed by atoms with E-state index in [1.807, 2.05) is 17.5 Å². The highest BCUT2D eigenvalue weighted by molar-refractivity contribution is 7.89. The number of amides is 1. The van der Waals surface area contributed by atoms with Crippen molar-refractivity contribution >= 4 is 50.5 Å². The maximum atomic E-state index is 12.7. The maximum Gasteiger partial charge on any atom is 0.243 e. The lowest BCUT2D eigenvalue weighted by molar-refractivity contribution is -0.131. The van der Waals surface area contributed by atoms with Crippen LogP contribution in [-0.2, 0) is 21.2 Å². The molecule has 2 heterocycles. The molecule has 1 aliphatic rings. The van der Waals surface area contributed by atoms with Gasteiger partial charge in [-0.2, -0.15) is 4.31 Å². The van der Waals surface area contributed by atoms with E-state index in [4.69, 9.17) is 23.2 Å². The van der Waals surface area contributed by atoms with Gasteiger partial charge in [0.15, 0.2) is 0 Å². The van der Waals surface area contributed by atoms with Crippen LogP contribution in [0.4, 0.5) is 0 Å². The Morgan fingerprint density at radius 2 is 1.72 bits per heavy atom. The Morgan fingerprint density at radius 1 is 1.08 bits per heavy atom. The second-order valence-electron chi connectivity index (χ2n) is 5.65. The van der Waals surface area contributed by atoms with Gasteiger partial charge in [0, 0.05) is 41.1 Å². The molecular weight excluding hydrogens is 403 g/mol. The third-order valence-corrected chi connectivity index (χ3v) is 7.16. The molecule has 0 spiro atoms. The largest absolute Gasteiger partial charge is 0.340 e. The monoisotopic (exact) mass is 418 g/mol. The molecule has 0 N–H and O–H groups in total. The molecular formula is C16H16Cl2N2O3S2. The molecule has 3 rings (SSSR count). The zero-order chi connectivity index (χ0) is 18.0. The van der Waals surface area contributed by atoms with Crippen LogP contribution in [-0.4, -0.2) is 49.7 Å². The summed E-state index contributed by atoms with van der Waals surface area (Å²) in [5.41, 5.74) is 0. The van der Waals surface area contributed by atoms with Gasteiger partial charge in [-0.1, -0.05) is 29.3 Å². The Bertz CT molecular complexity index is 841. The number of thiophene rings is 1. The van der Waals surface area contributed by atoms with Crippen molar-refractivity contribution in [3.63, 3.8) is 0 Å². The molecule has 0 aliphatic carbocycles. The van der Waals surface area contributed by atoms with Gasteiger partial charge in [-0.05, 0) is 29.6 Å². The molecule has 1 aliphatic heterocycles. The molecule has 5 nitrogen and oxygen atoms in total. The van der Waals surface area contributed by atoms with Crippen molar-refractivity contribution in [1.29, 1.82) is 0 Å². The van der Waals surface area contributed by atoms with Crippen LogP contribution < -0.4 is 0 Å². The van der Waals surface area contributed by atoms with E-state index >= 15 is 0 Å². The van der Waals surface area contributed by atoms with Crippen molar-refractivity contribution in [3.8, 4) is 0 Å². The van der Waals surface area contributed by atoms with Gasteiger partial charge < -0.3 is 4.90 Å². The highest BCUT2D eigenvalue weighted by Crippen LogP contribution is 2.25. The van der Waals surface area contributed by atoms with E-state index in [1.165, 1.54) is 22.5 Å². The van der Waals surface area contributed by atoms with Crippen molar-refractivity contribution in [2.24, 2.45) is 0 Å². The predicted octanol–water partition coefficient (Wildman–Crippen LogP) is 3.13. The first-order valence-electron chi connectivity index (χ1n) is 7.62. The molecule has 1 amide bonds. The van der Waals surface area contributed by atoms with E-state index in [9.17, 15) is 13.2 Å². The number of sulfonamides is 1. The minimum atomic E-state index is -3.68. The third-order valence-electron chi connectivity index (χ3n) is 3.97. The second kappa shape index (κ2) is 7.63. The smallest absolute Gasteiger partial charge is 0.243 e. The van der Waals surface area contributed by atoms with Gasteiger partial charge in [-0.3, -0.25) is 4.79 Å². The van der Waals surface area contributed by atoms with Crippen molar-refractivity contribution in [3.05, 3.63) is 50.6 Å². The highest BCUT2D eigenvalue weighted by atomic mass is 35.5. The Kier molecular flexibility index (Phi) is 5.70. The molecule has 0 radical (unpaired) electrons. The minimum absolute atomic E-state index is 0.0188. The van der Waals surface area contributed by atoms with E-state index in [-0.39, 0.29) is 33.9 Å². The molecule has 134 valence electrons. The van der Waals surface area contributed by atoms with Gasteiger partial charge in [0.25, 0.3) is 0 Å². The summed E-state index contributed by atoms with van der Waals surface area (Å²) >= 11 is 13.4. The standard InChI is InChI=1S/C16H16Cl2N2O3S2/c17-12-8-13(18)10-15(9-12)25(22,23)20-5-3-19(4-6-20)16(21)11-14-2-1-7-24-14/h1-2,7-10H,3-6,11H2. The van der Waals surface area contributed by atoms with Crippen LogP contribution in [0.5, 0.6) is 0 Å². The Balaban J connectivity index is 1.66. The highest BCUT2D eigenvalue weighted by Gasteiger charge is 2.30. The molecule has 0 atom stereocenters. The summed E-state index contributed by atoms with van der Waals surface area (Å²) in [5, 5.41) is 2.48. The molecule has 9 heteroatoms. The summed E-state index contributed by atoms with van der Waals surface area (Å²) in [4.78, 5) is 15.1. The maximum absolute atomic E-state index is 12.7. The topological polar surface area (TPSA) is 57.7 Å². The summed E-state index contributed by atoms with van der Waals surface area (Å²) in [6, 6.07) is 8.09. The molecule has 1 saturated heterocycles.